The van der Waals surface area contributed by atoms with Gasteiger partial charge in [-0.15, -0.1) is 0 Å². The first kappa shape index (κ1) is 7.03. The average molecular weight is 160 g/mol. The summed E-state index contributed by atoms with van der Waals surface area (Å²) in [6, 6.07) is 5.56. The van der Waals surface area contributed by atoms with Crippen LogP contribution in [0.25, 0.3) is 10.9 Å². The molecular formula is C9H8N2O. The molecule has 0 saturated heterocycles. The zero-order valence-electron chi connectivity index (χ0n) is 6.69. The molecule has 0 atom stereocenters. The van der Waals surface area contributed by atoms with Gasteiger partial charge in [0.2, 0.25) is 0 Å². The molecule has 3 heteroatoms. The van der Waals surface area contributed by atoms with Gasteiger partial charge in [-0.1, -0.05) is 12.1 Å². The minimum absolute atomic E-state index is 0.646. The molecule has 0 spiro atoms. The van der Waals surface area contributed by atoms with Crippen LogP contribution in [-0.2, 0) is 7.05 Å². The quantitative estimate of drug-likeness (QED) is 0.591. The molecule has 0 amide bonds. The Kier molecular flexibility index (Phi) is 1.43. The summed E-state index contributed by atoms with van der Waals surface area (Å²) in [6.07, 6.45) is 2.72. The lowest BCUT2D eigenvalue weighted by molar-refractivity contribution is 0.112. The Morgan fingerprint density at radius 2 is 2.33 bits per heavy atom. The van der Waals surface area contributed by atoms with Crippen molar-refractivity contribution in [1.82, 2.24) is 9.78 Å². The third-order valence-electron chi connectivity index (χ3n) is 1.81. The second kappa shape index (κ2) is 2.44. The van der Waals surface area contributed by atoms with Crippen molar-refractivity contribution < 1.29 is 4.79 Å². The predicted octanol–water partition coefficient (Wildman–Crippen LogP) is 1.39. The van der Waals surface area contributed by atoms with E-state index in [1.807, 2.05) is 25.4 Å². The lowest BCUT2D eigenvalue weighted by Crippen LogP contribution is -1.87. The topological polar surface area (TPSA) is 34.9 Å². The molecule has 0 unspecified atom stereocenters. The Labute approximate surface area is 69.6 Å². The maximum Gasteiger partial charge on any atom is 0.152 e. The SMILES string of the molecule is Cn1cc2cccc(C=O)c2n1. The number of fused-ring (bicyclic) bond motifs is 1. The van der Waals surface area contributed by atoms with Crippen LogP contribution < -0.4 is 0 Å². The van der Waals surface area contributed by atoms with Gasteiger partial charge in [0, 0.05) is 24.2 Å². The van der Waals surface area contributed by atoms with E-state index >= 15 is 0 Å². The summed E-state index contributed by atoms with van der Waals surface area (Å²) in [6.45, 7) is 0. The number of carbonyl (C=O) groups is 1. The van der Waals surface area contributed by atoms with E-state index in [0.29, 0.717) is 5.56 Å². The van der Waals surface area contributed by atoms with Crippen LogP contribution >= 0.6 is 0 Å². The molecule has 0 N–H and O–H groups in total. The highest BCUT2D eigenvalue weighted by atomic mass is 16.1. The average Bonchev–Trinajstić information content (AvgIpc) is 2.44. The molecule has 0 saturated carbocycles. The third kappa shape index (κ3) is 0.906. The minimum Gasteiger partial charge on any atom is -0.298 e. The Morgan fingerprint density at radius 3 is 3.08 bits per heavy atom. The number of aldehydes is 1. The van der Waals surface area contributed by atoms with Crippen molar-refractivity contribution in [2.75, 3.05) is 0 Å². The number of benzene rings is 1. The first-order chi connectivity index (χ1) is 5.81. The van der Waals surface area contributed by atoms with E-state index in [9.17, 15) is 4.79 Å². The van der Waals surface area contributed by atoms with E-state index in [1.165, 1.54) is 0 Å². The van der Waals surface area contributed by atoms with Gasteiger partial charge in [0.05, 0.1) is 0 Å². The van der Waals surface area contributed by atoms with E-state index in [2.05, 4.69) is 5.10 Å². The van der Waals surface area contributed by atoms with E-state index in [-0.39, 0.29) is 0 Å². The first-order valence-corrected chi connectivity index (χ1v) is 3.69. The fourth-order valence-electron chi connectivity index (χ4n) is 1.28. The van der Waals surface area contributed by atoms with Crippen LogP contribution in [0.2, 0.25) is 0 Å². The van der Waals surface area contributed by atoms with Crippen molar-refractivity contribution >= 4 is 17.2 Å². The molecule has 2 rings (SSSR count). The molecular weight excluding hydrogens is 152 g/mol. The summed E-state index contributed by atoms with van der Waals surface area (Å²) in [5.41, 5.74) is 1.42. The van der Waals surface area contributed by atoms with Crippen LogP contribution in [0.4, 0.5) is 0 Å². The molecule has 12 heavy (non-hydrogen) atoms. The van der Waals surface area contributed by atoms with Crippen LogP contribution in [-0.4, -0.2) is 16.1 Å². The highest BCUT2D eigenvalue weighted by molar-refractivity contribution is 5.95. The number of hydrogen-bond donors (Lipinski definition) is 0. The van der Waals surface area contributed by atoms with Crippen molar-refractivity contribution in [2.45, 2.75) is 0 Å². The molecule has 2 aromatic rings. The molecule has 1 heterocycles. The molecule has 0 aliphatic carbocycles. The number of aromatic nitrogens is 2. The lowest BCUT2D eigenvalue weighted by atomic mass is 10.2. The van der Waals surface area contributed by atoms with Gasteiger partial charge in [-0.25, -0.2) is 0 Å². The highest BCUT2D eigenvalue weighted by Crippen LogP contribution is 2.14. The third-order valence-corrected chi connectivity index (χ3v) is 1.81. The van der Waals surface area contributed by atoms with Gasteiger partial charge in [0.15, 0.2) is 6.29 Å². The molecule has 1 aromatic carbocycles. The number of nitrogens with zero attached hydrogens (tertiary/aromatic N) is 2. The summed E-state index contributed by atoms with van der Waals surface area (Å²) in [5, 5.41) is 5.17. The number of rotatable bonds is 1. The van der Waals surface area contributed by atoms with Crippen molar-refractivity contribution in [1.29, 1.82) is 0 Å². The van der Waals surface area contributed by atoms with E-state index < -0.39 is 0 Å². The summed E-state index contributed by atoms with van der Waals surface area (Å²) < 4.78 is 1.71. The fourth-order valence-corrected chi connectivity index (χ4v) is 1.28. The minimum atomic E-state index is 0.646. The van der Waals surface area contributed by atoms with Gasteiger partial charge >= 0.3 is 0 Å². The maximum atomic E-state index is 10.6. The second-order valence-electron chi connectivity index (χ2n) is 2.71. The van der Waals surface area contributed by atoms with Crippen LogP contribution in [0, 0.1) is 0 Å². The van der Waals surface area contributed by atoms with Crippen molar-refractivity contribution in [3.63, 3.8) is 0 Å². The molecule has 0 radical (unpaired) electrons. The van der Waals surface area contributed by atoms with Crippen LogP contribution in [0.5, 0.6) is 0 Å². The van der Waals surface area contributed by atoms with Crippen LogP contribution in [0.3, 0.4) is 0 Å². The molecule has 0 aliphatic rings. The van der Waals surface area contributed by atoms with Crippen LogP contribution in [0.15, 0.2) is 24.4 Å². The van der Waals surface area contributed by atoms with Gasteiger partial charge < -0.3 is 0 Å². The van der Waals surface area contributed by atoms with Crippen molar-refractivity contribution in [3.05, 3.63) is 30.0 Å². The first-order valence-electron chi connectivity index (χ1n) is 3.69. The molecule has 0 bridgehead atoms. The zero-order valence-corrected chi connectivity index (χ0v) is 6.69. The van der Waals surface area contributed by atoms with Gasteiger partial charge in [-0.05, 0) is 6.07 Å². The lowest BCUT2D eigenvalue weighted by Gasteiger charge is -1.89. The van der Waals surface area contributed by atoms with Crippen LogP contribution in [0.1, 0.15) is 10.4 Å². The van der Waals surface area contributed by atoms with Gasteiger partial charge in [-0.2, -0.15) is 5.10 Å². The van der Waals surface area contributed by atoms with Gasteiger partial charge in [-0.3, -0.25) is 9.48 Å². The molecule has 60 valence electrons. The smallest absolute Gasteiger partial charge is 0.152 e. The standard InChI is InChI=1S/C9H8N2O/c1-11-5-7-3-2-4-8(6-12)9(7)10-11/h2-6H,1H3. The van der Waals surface area contributed by atoms with Crippen molar-refractivity contribution in [2.24, 2.45) is 7.05 Å². The van der Waals surface area contributed by atoms with Gasteiger partial charge in [0.25, 0.3) is 0 Å². The number of hydrogen-bond acceptors (Lipinski definition) is 2. The predicted molar refractivity (Wildman–Crippen MR) is 46.1 cm³/mol. The summed E-state index contributed by atoms with van der Waals surface area (Å²) in [5.74, 6) is 0. The molecule has 0 fully saturated rings. The maximum absolute atomic E-state index is 10.6. The Balaban J connectivity index is 2.86. The largest absolute Gasteiger partial charge is 0.298 e. The Bertz CT molecular complexity index is 431. The zero-order chi connectivity index (χ0) is 8.55. The van der Waals surface area contributed by atoms with E-state index in [1.54, 1.807) is 10.7 Å². The number of aryl methyl sites for hydroxylation is 1. The molecule has 0 aliphatic heterocycles. The Hall–Kier alpha value is -1.64. The van der Waals surface area contributed by atoms with Gasteiger partial charge in [0.1, 0.15) is 5.52 Å². The summed E-state index contributed by atoms with van der Waals surface area (Å²) in [7, 11) is 1.84. The number of carbonyl (C=O) groups excluding carboxylic acids is 1. The van der Waals surface area contributed by atoms with Crippen molar-refractivity contribution in [3.8, 4) is 0 Å². The Morgan fingerprint density at radius 1 is 1.50 bits per heavy atom. The second-order valence-corrected chi connectivity index (χ2v) is 2.71. The van der Waals surface area contributed by atoms with E-state index in [4.69, 9.17) is 0 Å². The molecule has 1 aromatic heterocycles. The fraction of sp³-hybridized carbons (Fsp3) is 0.111. The highest BCUT2D eigenvalue weighted by Gasteiger charge is 2.01. The normalized spacial score (nSPS) is 10.4. The molecule has 3 nitrogen and oxygen atoms in total. The monoisotopic (exact) mass is 160 g/mol. The summed E-state index contributed by atoms with van der Waals surface area (Å²) >= 11 is 0. The summed E-state index contributed by atoms with van der Waals surface area (Å²) in [4.78, 5) is 10.6. The van der Waals surface area contributed by atoms with E-state index in [0.717, 1.165) is 17.2 Å².